The van der Waals surface area contributed by atoms with Gasteiger partial charge in [0, 0.05) is 0 Å². The zero-order valence-corrected chi connectivity index (χ0v) is 24.5. The summed E-state index contributed by atoms with van der Waals surface area (Å²) < 4.78 is 57.1. The number of rotatable bonds is 17. The van der Waals surface area contributed by atoms with Crippen molar-refractivity contribution in [2.45, 2.75) is 104 Å². The Hall–Kier alpha value is -1.32. The van der Waals surface area contributed by atoms with Crippen LogP contribution in [0.3, 0.4) is 0 Å². The first kappa shape index (κ1) is 29.9. The van der Waals surface area contributed by atoms with E-state index in [1.807, 2.05) is 0 Å². The molecule has 0 aromatic heterocycles. The van der Waals surface area contributed by atoms with Gasteiger partial charge >= 0.3 is 213 Å². The van der Waals surface area contributed by atoms with Crippen LogP contribution in [-0.2, 0) is 15.2 Å². The second-order valence-electron chi connectivity index (χ2n) is 9.43. The molecule has 2 rings (SSSR count). The second-order valence-corrected chi connectivity index (χ2v) is 22.6. The van der Waals surface area contributed by atoms with Crippen molar-refractivity contribution in [2.24, 2.45) is 10.2 Å². The van der Waals surface area contributed by atoms with Crippen molar-refractivity contribution in [2.75, 3.05) is 13.2 Å². The number of hydrogen-bond donors (Lipinski definition) is 0. The van der Waals surface area contributed by atoms with Gasteiger partial charge < -0.3 is 0 Å². The fraction of sp³-hybridized carbons (Fsp3) is 0.731. The molecule has 0 radical (unpaired) electrons. The molecule has 1 heterocycles. The van der Waals surface area contributed by atoms with Crippen LogP contribution in [0.2, 0.25) is 13.3 Å². The predicted octanol–water partition coefficient (Wildman–Crippen LogP) is 7.65. The minimum atomic E-state index is -4.55. The van der Waals surface area contributed by atoms with E-state index in [0.717, 1.165) is 55.4 Å². The summed E-state index contributed by atoms with van der Waals surface area (Å²) in [4.78, 5) is 11.7. The number of carbonyl (C=O) groups is 1. The molecule has 0 bridgehead atoms. The van der Waals surface area contributed by atoms with Gasteiger partial charge in [-0.1, -0.05) is 0 Å². The molecule has 1 aliphatic heterocycles. The maximum atomic E-state index is 13.9. The average Bonchev–Trinajstić information content (AvgIpc) is 3.64. The minimum absolute atomic E-state index is 0.101. The van der Waals surface area contributed by atoms with E-state index < -0.39 is 30.2 Å². The van der Waals surface area contributed by atoms with E-state index >= 15 is 0 Å². The molecule has 0 saturated carbocycles. The number of halogens is 3. The van der Waals surface area contributed by atoms with Gasteiger partial charge in [0.25, 0.3) is 0 Å². The van der Waals surface area contributed by atoms with Gasteiger partial charge in [0.2, 0.25) is 0 Å². The van der Waals surface area contributed by atoms with Crippen LogP contribution in [0.4, 0.5) is 13.2 Å². The van der Waals surface area contributed by atoms with Gasteiger partial charge in [-0.15, -0.1) is 0 Å². The number of benzene rings is 1. The van der Waals surface area contributed by atoms with Gasteiger partial charge in [-0.3, -0.25) is 0 Å². The molecule has 5 nitrogen and oxygen atoms in total. The van der Waals surface area contributed by atoms with Crippen LogP contribution in [-0.4, -0.2) is 43.7 Å². The van der Waals surface area contributed by atoms with E-state index in [9.17, 15) is 18.0 Å². The van der Waals surface area contributed by atoms with E-state index in [0.29, 0.717) is 25.4 Å². The molecule has 0 atom stereocenters. The van der Waals surface area contributed by atoms with Crippen LogP contribution in [0.15, 0.2) is 28.4 Å². The van der Waals surface area contributed by atoms with Crippen molar-refractivity contribution < 1.29 is 27.4 Å². The van der Waals surface area contributed by atoms with Crippen LogP contribution in [0.5, 0.6) is 5.75 Å². The summed E-state index contributed by atoms with van der Waals surface area (Å²) in [6.45, 7) is 8.93. The average molecular weight is 605 g/mol. The fourth-order valence-electron chi connectivity index (χ4n) is 4.69. The third-order valence-electron chi connectivity index (χ3n) is 6.76. The summed E-state index contributed by atoms with van der Waals surface area (Å²) in [5.41, 5.74) is -2.33. The number of hydrogen-bond acceptors (Lipinski definition) is 5. The summed E-state index contributed by atoms with van der Waals surface area (Å²) >= 11 is -3.16. The predicted molar refractivity (Wildman–Crippen MR) is 135 cm³/mol. The van der Waals surface area contributed by atoms with Gasteiger partial charge in [-0.2, -0.15) is 0 Å². The van der Waals surface area contributed by atoms with E-state index in [-0.39, 0.29) is 18.0 Å². The summed E-state index contributed by atoms with van der Waals surface area (Å²) in [7, 11) is 0. The summed E-state index contributed by atoms with van der Waals surface area (Å²) in [6, 6.07) is 4.90. The third-order valence-corrected chi connectivity index (χ3v) is 22.4. The summed E-state index contributed by atoms with van der Waals surface area (Å²) in [5.74, 6) is 0.424. The van der Waals surface area contributed by atoms with Gasteiger partial charge in [-0.05, 0) is 0 Å². The van der Waals surface area contributed by atoms with Gasteiger partial charge in [0.1, 0.15) is 0 Å². The van der Waals surface area contributed by atoms with E-state index in [1.165, 1.54) is 6.07 Å². The van der Waals surface area contributed by atoms with E-state index in [2.05, 4.69) is 31.0 Å². The first-order chi connectivity index (χ1) is 16.7. The molecule has 35 heavy (non-hydrogen) atoms. The fourth-order valence-corrected chi connectivity index (χ4v) is 21.2. The van der Waals surface area contributed by atoms with Crippen molar-refractivity contribution in [3.05, 3.63) is 23.8 Å². The summed E-state index contributed by atoms with van der Waals surface area (Å²) in [6.07, 6.45) is 2.61. The van der Waals surface area contributed by atoms with Crippen molar-refractivity contribution in [3.63, 3.8) is 0 Å². The Morgan fingerprint density at radius 3 is 1.97 bits per heavy atom. The topological polar surface area (TPSA) is 60.2 Å². The zero-order valence-electron chi connectivity index (χ0n) is 21.7. The Labute approximate surface area is 212 Å². The monoisotopic (exact) mass is 606 g/mol. The standard InChI is InChI=1S/C14H14F3N2O3.3C4H9.Sn/c1-2-21-12(20)4-3-9-22-11-7-5-10(6-8-11)13(18-19-13)14(15,16)17;3*1-3-4-2;/h5-7H,2-4,9H2,1H3;3*1,3-4H2,2H3;. The van der Waals surface area contributed by atoms with E-state index in [1.54, 1.807) is 19.1 Å². The molecule has 9 heteroatoms. The quantitative estimate of drug-likeness (QED) is 0.104. The van der Waals surface area contributed by atoms with E-state index in [4.69, 9.17) is 9.47 Å². The molecule has 0 unspecified atom stereocenters. The number of ether oxygens (including phenoxy) is 2. The molecule has 1 aromatic rings. The SMILES string of the molecule is CCC[CH2][Sn]([CH2]CCC)([CH2]CCC)[c]1cc(C2(C(F)(F)F)N=N2)ccc1OCCCC(=O)OCC. The number of esters is 1. The molecule has 1 aromatic carbocycles. The normalized spacial score (nSPS) is 14.7. The molecule has 0 N–H and O–H groups in total. The van der Waals surface area contributed by atoms with Crippen LogP contribution in [0, 0.1) is 0 Å². The van der Waals surface area contributed by atoms with Crippen molar-refractivity contribution in [1.29, 1.82) is 0 Å². The van der Waals surface area contributed by atoms with Crippen LogP contribution >= 0.6 is 0 Å². The first-order valence-electron chi connectivity index (χ1n) is 13.1. The third kappa shape index (κ3) is 7.83. The van der Waals surface area contributed by atoms with Crippen molar-refractivity contribution >= 4 is 27.9 Å². The molecule has 0 fully saturated rings. The molecule has 0 aliphatic carbocycles. The Balaban J connectivity index is 2.47. The zero-order chi connectivity index (χ0) is 26.0. The number of alkyl halides is 3. The summed E-state index contributed by atoms with van der Waals surface area (Å²) in [5, 5.41) is 6.92. The molecular weight excluding hydrogens is 564 g/mol. The van der Waals surface area contributed by atoms with Crippen LogP contribution in [0.25, 0.3) is 0 Å². The Morgan fingerprint density at radius 2 is 1.51 bits per heavy atom. The van der Waals surface area contributed by atoms with Crippen LogP contribution < -0.4 is 8.32 Å². The molecule has 0 amide bonds. The molecular formula is C26H41F3N2O3Sn. The molecule has 0 spiro atoms. The molecule has 1 aliphatic rings. The number of nitrogens with zero attached hydrogens (tertiary/aromatic N) is 2. The molecule has 198 valence electrons. The first-order valence-corrected chi connectivity index (χ1v) is 20.6. The Morgan fingerprint density at radius 1 is 0.943 bits per heavy atom. The van der Waals surface area contributed by atoms with Gasteiger partial charge in [0.15, 0.2) is 0 Å². The molecule has 0 saturated heterocycles. The maximum absolute atomic E-state index is 13.9. The van der Waals surface area contributed by atoms with Crippen molar-refractivity contribution in [1.82, 2.24) is 0 Å². The van der Waals surface area contributed by atoms with Crippen molar-refractivity contribution in [3.8, 4) is 5.75 Å². The van der Waals surface area contributed by atoms with Crippen LogP contribution in [0.1, 0.15) is 84.6 Å². The Bertz CT molecular complexity index is 818. The van der Waals surface area contributed by atoms with Gasteiger partial charge in [-0.25, -0.2) is 0 Å². The number of carbonyl (C=O) groups excluding carboxylic acids is 1. The Kier molecular flexibility index (Phi) is 11.8. The second kappa shape index (κ2) is 13.8. The number of unbranched alkanes of at least 4 members (excludes halogenated alkanes) is 3. The van der Waals surface area contributed by atoms with Gasteiger partial charge in [0.05, 0.1) is 0 Å².